The lowest BCUT2D eigenvalue weighted by Crippen LogP contribution is -2.53. The Hall–Kier alpha value is -2.74. The summed E-state index contributed by atoms with van der Waals surface area (Å²) < 4.78 is 55.7. The van der Waals surface area contributed by atoms with Gasteiger partial charge >= 0.3 is 0 Å². The molecule has 3 heterocycles. The summed E-state index contributed by atoms with van der Waals surface area (Å²) in [6.45, 7) is 0.146. The topological polar surface area (TPSA) is 145 Å². The summed E-state index contributed by atoms with van der Waals surface area (Å²) in [6.07, 6.45) is 3.88. The molecule has 2 unspecified atom stereocenters. The molecule has 4 aliphatic rings. The highest BCUT2D eigenvalue weighted by molar-refractivity contribution is 7.91. The SMILES string of the molecule is CS(=O)(=O)NCc1csc2c1S(=O)(=O)N=C(C1=C(O)C3C([C@H]4CC[C@@H]3C4)N(Cc3ccccc3)C1=O)N2. The molecule has 1 amide bonds. The van der Waals surface area contributed by atoms with Crippen LogP contribution in [0.2, 0.25) is 0 Å². The predicted octanol–water partition coefficient (Wildman–Crippen LogP) is 2.58. The van der Waals surface area contributed by atoms with Crippen LogP contribution in [0.25, 0.3) is 0 Å². The number of aliphatic hydroxyl groups excluding tert-OH is 1. The van der Waals surface area contributed by atoms with Gasteiger partial charge in [-0.1, -0.05) is 30.3 Å². The average molecular weight is 563 g/mol. The Kier molecular flexibility index (Phi) is 5.75. The first kappa shape index (κ1) is 24.6. The van der Waals surface area contributed by atoms with E-state index in [1.165, 1.54) is 5.38 Å². The molecule has 0 radical (unpaired) electrons. The molecule has 1 aromatic carbocycles. The first-order valence-corrected chi connectivity index (χ1v) is 16.2. The first-order valence-electron chi connectivity index (χ1n) is 12.0. The second-order valence-electron chi connectivity index (χ2n) is 10.1. The van der Waals surface area contributed by atoms with Crippen molar-refractivity contribution in [1.82, 2.24) is 9.62 Å². The molecular weight excluding hydrogens is 536 g/mol. The molecule has 4 atom stereocenters. The van der Waals surface area contributed by atoms with Gasteiger partial charge in [-0.25, -0.2) is 13.1 Å². The Labute approximate surface area is 219 Å². The van der Waals surface area contributed by atoms with E-state index in [0.29, 0.717) is 12.5 Å². The average Bonchev–Trinajstić information content (AvgIpc) is 3.55. The predicted molar refractivity (Wildman–Crippen MR) is 139 cm³/mol. The van der Waals surface area contributed by atoms with E-state index in [2.05, 4.69) is 14.4 Å². The van der Waals surface area contributed by atoms with E-state index in [0.717, 1.165) is 42.4 Å². The number of hydrogen-bond acceptors (Lipinski definition) is 8. The van der Waals surface area contributed by atoms with E-state index in [9.17, 15) is 26.7 Å². The van der Waals surface area contributed by atoms with E-state index in [-0.39, 0.29) is 57.1 Å². The summed E-state index contributed by atoms with van der Waals surface area (Å²) in [5.41, 5.74) is 1.10. The Bertz CT molecular complexity index is 1560. The second kappa shape index (κ2) is 8.65. The van der Waals surface area contributed by atoms with Crippen molar-refractivity contribution in [2.75, 3.05) is 11.6 Å². The number of nitrogens with one attached hydrogen (secondary N) is 2. The molecule has 0 saturated heterocycles. The van der Waals surface area contributed by atoms with Gasteiger partial charge in [0.2, 0.25) is 10.0 Å². The highest BCUT2D eigenvalue weighted by Crippen LogP contribution is 2.55. The minimum atomic E-state index is -4.27. The van der Waals surface area contributed by atoms with E-state index in [1.54, 1.807) is 4.90 Å². The Morgan fingerprint density at radius 1 is 1.22 bits per heavy atom. The number of thiophene rings is 1. The number of rotatable bonds is 6. The lowest BCUT2D eigenvalue weighted by molar-refractivity contribution is -0.134. The Balaban J connectivity index is 1.39. The summed E-state index contributed by atoms with van der Waals surface area (Å²) in [6, 6.07) is 9.47. The van der Waals surface area contributed by atoms with Crippen LogP contribution in [-0.4, -0.2) is 50.9 Å². The molecule has 2 aliphatic heterocycles. The molecule has 2 bridgehead atoms. The molecule has 196 valence electrons. The third kappa shape index (κ3) is 4.17. The van der Waals surface area contributed by atoms with Gasteiger partial charge in [-0.2, -0.15) is 8.42 Å². The van der Waals surface area contributed by atoms with Gasteiger partial charge in [-0.15, -0.1) is 15.7 Å². The van der Waals surface area contributed by atoms with Gasteiger partial charge in [0, 0.05) is 30.6 Å². The fourth-order valence-electron chi connectivity index (χ4n) is 6.32. The van der Waals surface area contributed by atoms with Crippen LogP contribution >= 0.6 is 11.3 Å². The monoisotopic (exact) mass is 562 g/mol. The van der Waals surface area contributed by atoms with E-state index >= 15 is 0 Å². The zero-order valence-corrected chi connectivity index (χ0v) is 22.4. The van der Waals surface area contributed by atoms with Crippen molar-refractivity contribution in [3.05, 3.63) is 58.2 Å². The summed E-state index contributed by atoms with van der Waals surface area (Å²) in [4.78, 5) is 15.6. The quantitative estimate of drug-likeness (QED) is 0.491. The largest absolute Gasteiger partial charge is 0.511 e. The van der Waals surface area contributed by atoms with Gasteiger partial charge < -0.3 is 15.3 Å². The smallest absolute Gasteiger partial charge is 0.287 e. The first-order chi connectivity index (χ1) is 17.5. The van der Waals surface area contributed by atoms with Crippen molar-refractivity contribution >= 4 is 48.1 Å². The van der Waals surface area contributed by atoms with Gasteiger partial charge in [0.05, 0.1) is 6.26 Å². The van der Waals surface area contributed by atoms with Crippen LogP contribution in [0.3, 0.4) is 0 Å². The van der Waals surface area contributed by atoms with E-state index in [4.69, 9.17) is 0 Å². The molecule has 2 fully saturated rings. The van der Waals surface area contributed by atoms with Crippen LogP contribution in [0.1, 0.15) is 30.4 Å². The fourth-order valence-corrected chi connectivity index (χ4v) is 9.34. The third-order valence-corrected chi connectivity index (χ3v) is 10.9. The van der Waals surface area contributed by atoms with E-state index < -0.39 is 26.0 Å². The summed E-state index contributed by atoms with van der Waals surface area (Å²) in [5.74, 6) is -0.476. The normalized spacial score (nSPS) is 28.1. The van der Waals surface area contributed by atoms with Crippen LogP contribution in [0, 0.1) is 17.8 Å². The number of amidine groups is 1. The van der Waals surface area contributed by atoms with Gasteiger partial charge in [0.25, 0.3) is 15.9 Å². The zero-order chi connectivity index (χ0) is 26.1. The van der Waals surface area contributed by atoms with Crippen LogP contribution in [0.5, 0.6) is 0 Å². The number of carbonyl (C=O) groups excluding carboxylic acids is 1. The molecule has 1 aromatic heterocycles. The standard InChI is InChI=1S/C24H26N4O6S3/c1-36(31,32)25-10-16-12-35-23-21(16)37(33,34)27-22(26-23)18-20(29)17-14-7-8-15(9-14)19(17)28(24(18)30)11-13-5-3-2-4-6-13/h2-6,12,14-15,17,19,25,29H,7-11H2,1H3,(H,26,27)/t14-,15+,17?,19?/m1/s1. The van der Waals surface area contributed by atoms with Crippen molar-refractivity contribution in [3.63, 3.8) is 0 Å². The number of sulfonamides is 2. The summed E-state index contributed by atoms with van der Waals surface area (Å²) in [7, 11) is -7.80. The molecule has 2 saturated carbocycles. The van der Waals surface area contributed by atoms with Gasteiger partial charge in [-0.3, -0.25) is 4.79 Å². The maximum Gasteiger partial charge on any atom is 0.287 e. The highest BCUT2D eigenvalue weighted by atomic mass is 32.2. The van der Waals surface area contributed by atoms with Crippen LogP contribution in [0.15, 0.2) is 56.3 Å². The summed E-state index contributed by atoms with van der Waals surface area (Å²) in [5, 5.41) is 16.1. The maximum absolute atomic E-state index is 13.9. The molecule has 2 aliphatic carbocycles. The fraction of sp³-hybridized carbons (Fsp3) is 0.417. The Morgan fingerprint density at radius 2 is 1.95 bits per heavy atom. The van der Waals surface area contributed by atoms with Crippen molar-refractivity contribution in [2.45, 2.75) is 43.3 Å². The molecule has 6 rings (SSSR count). The Morgan fingerprint density at radius 3 is 2.68 bits per heavy atom. The number of fused-ring (bicyclic) bond motifs is 6. The zero-order valence-electron chi connectivity index (χ0n) is 19.9. The number of anilines is 1. The number of amides is 1. The number of aliphatic hydroxyl groups is 1. The minimum absolute atomic E-state index is 0.0908. The number of benzene rings is 1. The van der Waals surface area contributed by atoms with E-state index in [1.807, 2.05) is 30.3 Å². The highest BCUT2D eigenvalue weighted by Gasteiger charge is 2.57. The number of nitrogens with zero attached hydrogens (tertiary/aromatic N) is 2. The van der Waals surface area contributed by atoms with Gasteiger partial charge in [0.15, 0.2) is 5.84 Å². The minimum Gasteiger partial charge on any atom is -0.511 e. The lowest BCUT2D eigenvalue weighted by Gasteiger charge is -2.44. The number of hydrogen-bond donors (Lipinski definition) is 3. The molecule has 37 heavy (non-hydrogen) atoms. The van der Waals surface area contributed by atoms with Crippen molar-refractivity contribution in [3.8, 4) is 0 Å². The molecule has 2 aromatic rings. The molecule has 13 heteroatoms. The lowest BCUT2D eigenvalue weighted by atomic mass is 9.77. The van der Waals surface area contributed by atoms with Crippen molar-refractivity contribution < 1.29 is 26.7 Å². The summed E-state index contributed by atoms with van der Waals surface area (Å²) >= 11 is 1.07. The molecule has 0 spiro atoms. The van der Waals surface area contributed by atoms with Crippen LogP contribution in [0.4, 0.5) is 5.00 Å². The van der Waals surface area contributed by atoms with Crippen LogP contribution < -0.4 is 10.0 Å². The second-order valence-corrected chi connectivity index (χ2v) is 14.3. The van der Waals surface area contributed by atoms with Crippen molar-refractivity contribution in [2.24, 2.45) is 22.2 Å². The van der Waals surface area contributed by atoms with Gasteiger partial charge in [-0.05, 0) is 42.0 Å². The number of carbonyl (C=O) groups is 1. The third-order valence-electron chi connectivity index (χ3n) is 7.75. The van der Waals surface area contributed by atoms with Gasteiger partial charge in [0.1, 0.15) is 21.2 Å². The molecular formula is C24H26N4O6S3. The van der Waals surface area contributed by atoms with Crippen molar-refractivity contribution in [1.29, 1.82) is 0 Å². The molecule has 3 N–H and O–H groups in total. The molecule has 10 nitrogen and oxygen atoms in total. The van der Waals surface area contributed by atoms with Crippen LogP contribution in [-0.2, 0) is 37.9 Å². The maximum atomic E-state index is 13.9.